The van der Waals surface area contributed by atoms with Crippen molar-refractivity contribution < 1.29 is 14.7 Å². The number of benzene rings is 2. The SMILES string of the molecule is O=C(CCC1CC2CCCC(C2)C1)N[C@@H](Cc1ccc(O)cc1)C(=O)N[C@H](CNc1nn[nH]n1)Cc1c[nH]c2ccccc12. The molecular formula is C33H42N8O3. The highest BCUT2D eigenvalue weighted by Crippen LogP contribution is 2.43. The van der Waals surface area contributed by atoms with E-state index in [0.29, 0.717) is 37.7 Å². The van der Waals surface area contributed by atoms with E-state index in [9.17, 15) is 14.7 Å². The Morgan fingerprint density at radius 3 is 2.55 bits per heavy atom. The first kappa shape index (κ1) is 29.7. The number of fused-ring (bicyclic) bond motifs is 3. The standard InChI is InChI=1S/C33H42N8O3/c42-27-11-8-21(9-12-27)17-30(37-31(43)13-10-24-15-22-4-3-5-23(14-22)16-24)32(44)36-26(20-35-33-38-40-41-39-33)18-25-19-34-29-7-2-1-6-28(25)29/h1-2,6-9,11-12,19,22-24,26,30,34,42H,3-5,10,13-18,20H2,(H,36,44)(H,37,43)(H2,35,38,39,40,41)/t22?,23?,24?,26-,30-/m0/s1. The van der Waals surface area contributed by atoms with Gasteiger partial charge in [0.2, 0.25) is 11.8 Å². The predicted octanol–water partition coefficient (Wildman–Crippen LogP) is 4.25. The van der Waals surface area contributed by atoms with E-state index in [0.717, 1.165) is 40.3 Å². The number of H-pyrrole nitrogens is 2. The lowest BCUT2D eigenvalue weighted by Gasteiger charge is -2.39. The van der Waals surface area contributed by atoms with Crippen LogP contribution in [0.25, 0.3) is 10.9 Å². The summed E-state index contributed by atoms with van der Waals surface area (Å²) in [6, 6.07) is 13.7. The molecule has 232 valence electrons. The number of phenols is 1. The van der Waals surface area contributed by atoms with Crippen LogP contribution in [0.4, 0.5) is 5.95 Å². The van der Waals surface area contributed by atoms with Crippen LogP contribution in [0.15, 0.2) is 54.7 Å². The first-order valence-corrected chi connectivity index (χ1v) is 15.9. The number of tetrazole rings is 1. The molecule has 0 spiro atoms. The number of hydrogen-bond acceptors (Lipinski definition) is 7. The maximum Gasteiger partial charge on any atom is 0.263 e. The molecule has 0 radical (unpaired) electrons. The number of aromatic amines is 2. The Kier molecular flexibility index (Phi) is 9.38. The van der Waals surface area contributed by atoms with Crippen LogP contribution in [0.5, 0.6) is 5.75 Å². The fourth-order valence-electron chi connectivity index (χ4n) is 7.28. The van der Waals surface area contributed by atoms with Crippen molar-refractivity contribution in [3.05, 3.63) is 65.9 Å². The van der Waals surface area contributed by atoms with Crippen molar-refractivity contribution in [3.8, 4) is 5.75 Å². The number of carbonyl (C=O) groups excluding carboxylic acids is 2. The molecule has 11 heteroatoms. The number of hydrogen-bond donors (Lipinski definition) is 6. The molecule has 4 aromatic rings. The van der Waals surface area contributed by atoms with Crippen LogP contribution < -0.4 is 16.0 Å². The first-order valence-electron chi connectivity index (χ1n) is 15.9. The van der Waals surface area contributed by atoms with E-state index < -0.39 is 6.04 Å². The Morgan fingerprint density at radius 1 is 0.977 bits per heavy atom. The monoisotopic (exact) mass is 598 g/mol. The molecule has 2 fully saturated rings. The van der Waals surface area contributed by atoms with Gasteiger partial charge in [0.25, 0.3) is 5.95 Å². The van der Waals surface area contributed by atoms with E-state index in [1.807, 2.05) is 24.4 Å². The Morgan fingerprint density at radius 2 is 1.77 bits per heavy atom. The molecule has 2 saturated carbocycles. The highest BCUT2D eigenvalue weighted by Gasteiger charge is 2.32. The van der Waals surface area contributed by atoms with Crippen molar-refractivity contribution >= 4 is 28.7 Å². The molecule has 2 unspecified atom stereocenters. The lowest BCUT2D eigenvalue weighted by Crippen LogP contribution is -2.52. The summed E-state index contributed by atoms with van der Waals surface area (Å²) in [5.41, 5.74) is 2.94. The molecule has 0 aliphatic heterocycles. The number of anilines is 1. The lowest BCUT2D eigenvalue weighted by molar-refractivity contribution is -0.129. The Balaban J connectivity index is 1.14. The van der Waals surface area contributed by atoms with Crippen LogP contribution in [-0.2, 0) is 22.4 Å². The Labute approximate surface area is 257 Å². The van der Waals surface area contributed by atoms with E-state index >= 15 is 0 Å². The van der Waals surface area contributed by atoms with Crippen LogP contribution in [0.2, 0.25) is 0 Å². The lowest BCUT2D eigenvalue weighted by atomic mass is 9.67. The summed E-state index contributed by atoms with van der Waals surface area (Å²) in [6.07, 6.45) is 11.9. The van der Waals surface area contributed by atoms with Gasteiger partial charge in [-0.2, -0.15) is 5.21 Å². The first-order chi connectivity index (χ1) is 21.5. The minimum atomic E-state index is -0.770. The number of aromatic nitrogens is 5. The summed E-state index contributed by atoms with van der Waals surface area (Å²) in [7, 11) is 0. The van der Waals surface area contributed by atoms with E-state index in [1.54, 1.807) is 24.3 Å². The van der Waals surface area contributed by atoms with Gasteiger partial charge >= 0.3 is 0 Å². The highest BCUT2D eigenvalue weighted by molar-refractivity contribution is 5.88. The zero-order valence-electron chi connectivity index (χ0n) is 25.0. The maximum atomic E-state index is 13.9. The zero-order chi connectivity index (χ0) is 30.3. The molecule has 2 aliphatic carbocycles. The average molecular weight is 599 g/mol. The third-order valence-corrected chi connectivity index (χ3v) is 9.37. The molecule has 6 rings (SSSR count). The van der Waals surface area contributed by atoms with Crippen molar-refractivity contribution in [2.75, 3.05) is 11.9 Å². The molecule has 2 bridgehead atoms. The summed E-state index contributed by atoms with van der Waals surface area (Å²) in [5.74, 6) is 2.35. The third kappa shape index (κ3) is 7.75. The molecule has 11 nitrogen and oxygen atoms in total. The zero-order valence-corrected chi connectivity index (χ0v) is 25.0. The second kappa shape index (κ2) is 13.9. The van der Waals surface area contributed by atoms with Gasteiger partial charge in [-0.15, -0.1) is 5.10 Å². The van der Waals surface area contributed by atoms with Gasteiger partial charge in [0.15, 0.2) is 0 Å². The molecule has 2 aliphatic rings. The molecule has 2 aromatic carbocycles. The largest absolute Gasteiger partial charge is 0.508 e. The summed E-state index contributed by atoms with van der Waals surface area (Å²) in [5, 5.41) is 34.2. The fraction of sp³-hybridized carbons (Fsp3) is 0.485. The number of para-hydroxylation sites is 1. The van der Waals surface area contributed by atoms with Crippen LogP contribution in [-0.4, -0.2) is 61.2 Å². The van der Waals surface area contributed by atoms with Crippen molar-refractivity contribution in [2.45, 2.75) is 76.3 Å². The molecule has 2 aromatic heterocycles. The minimum Gasteiger partial charge on any atom is -0.508 e. The van der Waals surface area contributed by atoms with Gasteiger partial charge in [-0.1, -0.05) is 54.7 Å². The molecule has 2 heterocycles. The predicted molar refractivity (Wildman–Crippen MR) is 168 cm³/mol. The number of phenolic OH excluding ortho intramolecular Hbond substituents is 1. The second-order valence-electron chi connectivity index (χ2n) is 12.7. The van der Waals surface area contributed by atoms with Gasteiger partial charge in [-0.25, -0.2) is 0 Å². The Bertz CT molecular complexity index is 1510. The van der Waals surface area contributed by atoms with Crippen LogP contribution in [0, 0.1) is 17.8 Å². The van der Waals surface area contributed by atoms with Crippen LogP contribution in [0.1, 0.15) is 62.5 Å². The van der Waals surface area contributed by atoms with Crippen LogP contribution in [0.3, 0.4) is 0 Å². The number of nitrogens with one attached hydrogen (secondary N) is 5. The van der Waals surface area contributed by atoms with Crippen LogP contribution >= 0.6 is 0 Å². The average Bonchev–Trinajstić information content (AvgIpc) is 3.70. The maximum absolute atomic E-state index is 13.9. The van der Waals surface area contributed by atoms with E-state index in [1.165, 1.54) is 38.5 Å². The molecule has 44 heavy (non-hydrogen) atoms. The fourth-order valence-corrected chi connectivity index (χ4v) is 7.28. The quantitative estimate of drug-likeness (QED) is 0.134. The van der Waals surface area contributed by atoms with E-state index in [-0.39, 0.29) is 23.6 Å². The van der Waals surface area contributed by atoms with E-state index in [4.69, 9.17) is 0 Å². The topological polar surface area (TPSA) is 161 Å². The van der Waals surface area contributed by atoms with Crippen molar-refractivity contribution in [1.82, 2.24) is 36.2 Å². The highest BCUT2D eigenvalue weighted by atomic mass is 16.3. The molecular weight excluding hydrogens is 556 g/mol. The van der Waals surface area contributed by atoms with Gasteiger partial charge in [0.1, 0.15) is 11.8 Å². The number of nitrogens with zero attached hydrogens (tertiary/aromatic N) is 3. The van der Waals surface area contributed by atoms with Crippen molar-refractivity contribution in [1.29, 1.82) is 0 Å². The second-order valence-corrected chi connectivity index (χ2v) is 12.7. The third-order valence-electron chi connectivity index (χ3n) is 9.37. The summed E-state index contributed by atoms with van der Waals surface area (Å²) >= 11 is 0. The van der Waals surface area contributed by atoms with Crippen molar-refractivity contribution in [3.63, 3.8) is 0 Å². The smallest absolute Gasteiger partial charge is 0.263 e. The van der Waals surface area contributed by atoms with E-state index in [2.05, 4.69) is 47.6 Å². The number of aromatic hydroxyl groups is 1. The minimum absolute atomic E-state index is 0.0993. The van der Waals surface area contributed by atoms with Gasteiger partial charge in [-0.05, 0) is 84.4 Å². The molecule has 6 N–H and O–H groups in total. The summed E-state index contributed by atoms with van der Waals surface area (Å²) in [6.45, 7) is 0.356. The molecule has 4 atom stereocenters. The van der Waals surface area contributed by atoms with Gasteiger partial charge in [0.05, 0.1) is 6.04 Å². The summed E-state index contributed by atoms with van der Waals surface area (Å²) < 4.78 is 0. The van der Waals surface area contributed by atoms with Gasteiger partial charge in [0, 0.05) is 36.5 Å². The number of amides is 2. The van der Waals surface area contributed by atoms with Gasteiger partial charge < -0.3 is 26.0 Å². The van der Waals surface area contributed by atoms with Crippen molar-refractivity contribution in [2.24, 2.45) is 17.8 Å². The summed E-state index contributed by atoms with van der Waals surface area (Å²) in [4.78, 5) is 30.5. The molecule has 0 saturated heterocycles. The number of carbonyl (C=O) groups is 2. The van der Waals surface area contributed by atoms with Gasteiger partial charge in [-0.3, -0.25) is 9.59 Å². The normalized spacial score (nSPS) is 21.0. The number of rotatable bonds is 13. The Hall–Kier alpha value is -4.41. The molecule has 2 amide bonds.